The first kappa shape index (κ1) is 19.9. The van der Waals surface area contributed by atoms with Crippen molar-refractivity contribution in [1.29, 1.82) is 0 Å². The molecule has 0 radical (unpaired) electrons. The number of carbonyl (C=O) groups excluding carboxylic acids is 1. The molecule has 28 heavy (non-hydrogen) atoms. The summed E-state index contributed by atoms with van der Waals surface area (Å²) in [5, 5.41) is 0.624. The smallest absolute Gasteiger partial charge is 0.261 e. The van der Waals surface area contributed by atoms with Crippen molar-refractivity contribution < 1.29 is 13.2 Å². The molecular formula is C21H19ClN2O3S. The minimum absolute atomic E-state index is 0.131. The Bertz CT molecular complexity index is 1070. The van der Waals surface area contributed by atoms with E-state index >= 15 is 0 Å². The summed E-state index contributed by atoms with van der Waals surface area (Å²) in [6.07, 6.45) is 0. The van der Waals surface area contributed by atoms with Crippen molar-refractivity contribution in [2.75, 3.05) is 11.8 Å². The summed E-state index contributed by atoms with van der Waals surface area (Å²) in [4.78, 5) is 14.6. The van der Waals surface area contributed by atoms with Gasteiger partial charge in [0.15, 0.2) is 0 Å². The second-order valence-corrected chi connectivity index (χ2v) is 8.37. The predicted octanol–water partition coefficient (Wildman–Crippen LogP) is 4.41. The largest absolute Gasteiger partial charge is 0.337 e. The maximum Gasteiger partial charge on any atom is 0.261 e. The van der Waals surface area contributed by atoms with Gasteiger partial charge in [0, 0.05) is 18.6 Å². The second-order valence-electron chi connectivity index (χ2n) is 6.25. The molecule has 7 heteroatoms. The minimum atomic E-state index is -3.79. The summed E-state index contributed by atoms with van der Waals surface area (Å²) < 4.78 is 27.8. The zero-order valence-electron chi connectivity index (χ0n) is 15.2. The van der Waals surface area contributed by atoms with Gasteiger partial charge in [0.05, 0.1) is 16.1 Å². The number of sulfonamides is 1. The molecule has 0 bridgehead atoms. The van der Waals surface area contributed by atoms with E-state index in [-0.39, 0.29) is 22.1 Å². The fourth-order valence-electron chi connectivity index (χ4n) is 2.70. The topological polar surface area (TPSA) is 66.5 Å². The van der Waals surface area contributed by atoms with Crippen LogP contribution in [0.4, 0.5) is 5.69 Å². The van der Waals surface area contributed by atoms with E-state index in [1.807, 2.05) is 12.1 Å². The number of hydrogen-bond acceptors (Lipinski definition) is 3. The molecule has 5 nitrogen and oxygen atoms in total. The second kappa shape index (κ2) is 8.46. The van der Waals surface area contributed by atoms with E-state index < -0.39 is 10.0 Å². The van der Waals surface area contributed by atoms with Gasteiger partial charge in [0.1, 0.15) is 0 Å². The number of rotatable bonds is 6. The van der Waals surface area contributed by atoms with E-state index in [0.29, 0.717) is 11.6 Å². The van der Waals surface area contributed by atoms with Gasteiger partial charge >= 0.3 is 0 Å². The van der Waals surface area contributed by atoms with Crippen LogP contribution in [-0.2, 0) is 16.6 Å². The number of nitrogens with zero attached hydrogens (tertiary/aromatic N) is 1. The van der Waals surface area contributed by atoms with E-state index in [9.17, 15) is 13.2 Å². The number of amides is 1. The average molecular weight is 415 g/mol. The van der Waals surface area contributed by atoms with Gasteiger partial charge in [-0.15, -0.1) is 0 Å². The third-order valence-corrected chi connectivity index (χ3v) is 5.77. The molecule has 0 unspecified atom stereocenters. The number of anilines is 1. The SMILES string of the molecule is CN(Cc1ccc(Cl)cc1)C(=O)c1ccccc1NS(=O)(=O)c1ccccc1. The third kappa shape index (κ3) is 4.71. The number of benzene rings is 3. The Labute approximate surface area is 169 Å². The highest BCUT2D eigenvalue weighted by Gasteiger charge is 2.20. The van der Waals surface area contributed by atoms with E-state index in [0.717, 1.165) is 5.56 Å². The standard InChI is InChI=1S/C21H19ClN2O3S/c1-24(15-16-11-13-17(22)14-12-16)21(25)19-9-5-6-10-20(19)23-28(26,27)18-7-3-2-4-8-18/h2-14,23H,15H2,1H3. The van der Waals surface area contributed by atoms with Crippen molar-refractivity contribution >= 4 is 33.2 Å². The summed E-state index contributed by atoms with van der Waals surface area (Å²) in [5.74, 6) is -0.290. The Balaban J connectivity index is 1.83. The first-order chi connectivity index (χ1) is 13.4. The van der Waals surface area contributed by atoms with E-state index in [2.05, 4.69) is 4.72 Å². The molecule has 0 aliphatic rings. The molecule has 3 aromatic carbocycles. The summed E-state index contributed by atoms with van der Waals surface area (Å²) in [6.45, 7) is 0.371. The quantitative estimate of drug-likeness (QED) is 0.649. The van der Waals surface area contributed by atoms with Crippen LogP contribution in [0.2, 0.25) is 5.02 Å². The summed E-state index contributed by atoms with van der Waals surface area (Å²) >= 11 is 5.89. The number of hydrogen-bond donors (Lipinski definition) is 1. The molecule has 144 valence electrons. The monoisotopic (exact) mass is 414 g/mol. The first-order valence-electron chi connectivity index (χ1n) is 8.53. The summed E-state index contributed by atoms with van der Waals surface area (Å²) in [6, 6.07) is 21.8. The van der Waals surface area contributed by atoms with Gasteiger partial charge in [-0.3, -0.25) is 9.52 Å². The number of nitrogens with one attached hydrogen (secondary N) is 1. The highest BCUT2D eigenvalue weighted by Crippen LogP contribution is 2.22. The lowest BCUT2D eigenvalue weighted by Gasteiger charge is -2.20. The minimum Gasteiger partial charge on any atom is -0.337 e. The lowest BCUT2D eigenvalue weighted by atomic mass is 10.1. The zero-order valence-corrected chi connectivity index (χ0v) is 16.7. The van der Waals surface area contributed by atoms with Crippen LogP contribution in [0, 0.1) is 0 Å². The van der Waals surface area contributed by atoms with Crippen LogP contribution in [0.5, 0.6) is 0 Å². The molecule has 1 N–H and O–H groups in total. The molecule has 0 fully saturated rings. The Hall–Kier alpha value is -2.83. The Morgan fingerprint density at radius 2 is 1.54 bits per heavy atom. The van der Waals surface area contributed by atoms with Gasteiger partial charge in [-0.2, -0.15) is 0 Å². The lowest BCUT2D eigenvalue weighted by Crippen LogP contribution is -2.27. The van der Waals surface area contributed by atoms with E-state index in [4.69, 9.17) is 11.6 Å². The molecule has 0 aliphatic heterocycles. The Kier molecular flexibility index (Phi) is 6.02. The molecule has 0 atom stereocenters. The maximum atomic E-state index is 12.9. The Morgan fingerprint density at radius 1 is 0.929 bits per heavy atom. The summed E-state index contributed by atoms with van der Waals surface area (Å²) in [5.41, 5.74) is 1.43. The fraction of sp³-hybridized carbons (Fsp3) is 0.0952. The van der Waals surface area contributed by atoms with Crippen LogP contribution >= 0.6 is 11.6 Å². The van der Waals surface area contributed by atoms with Crippen LogP contribution in [0.25, 0.3) is 0 Å². The van der Waals surface area contributed by atoms with Crippen molar-refractivity contribution in [3.05, 3.63) is 95.0 Å². The fourth-order valence-corrected chi connectivity index (χ4v) is 3.93. The molecule has 0 aromatic heterocycles. The van der Waals surface area contributed by atoms with Crippen molar-refractivity contribution in [2.24, 2.45) is 0 Å². The number of halogens is 1. The molecule has 0 saturated carbocycles. The van der Waals surface area contributed by atoms with Gasteiger partial charge in [-0.05, 0) is 42.0 Å². The van der Waals surface area contributed by atoms with E-state index in [1.54, 1.807) is 61.6 Å². The third-order valence-electron chi connectivity index (χ3n) is 4.14. The highest BCUT2D eigenvalue weighted by atomic mass is 35.5. The van der Waals surface area contributed by atoms with Crippen molar-refractivity contribution in [3.63, 3.8) is 0 Å². The van der Waals surface area contributed by atoms with Crippen LogP contribution in [0.15, 0.2) is 83.8 Å². The molecule has 3 aromatic rings. The molecule has 0 heterocycles. The van der Waals surface area contributed by atoms with Crippen LogP contribution in [-0.4, -0.2) is 26.3 Å². The summed E-state index contributed by atoms with van der Waals surface area (Å²) in [7, 11) is -2.13. The zero-order chi connectivity index (χ0) is 20.1. The van der Waals surface area contributed by atoms with Crippen LogP contribution in [0.1, 0.15) is 15.9 Å². The van der Waals surface area contributed by atoms with Gasteiger partial charge in [-0.25, -0.2) is 8.42 Å². The van der Waals surface area contributed by atoms with E-state index in [1.165, 1.54) is 17.0 Å². The number of carbonyl (C=O) groups is 1. The number of para-hydroxylation sites is 1. The molecule has 1 amide bonds. The average Bonchev–Trinajstić information content (AvgIpc) is 2.70. The van der Waals surface area contributed by atoms with Gasteiger partial charge < -0.3 is 4.90 Å². The highest BCUT2D eigenvalue weighted by molar-refractivity contribution is 7.92. The molecule has 3 rings (SSSR count). The van der Waals surface area contributed by atoms with Crippen molar-refractivity contribution in [3.8, 4) is 0 Å². The lowest BCUT2D eigenvalue weighted by molar-refractivity contribution is 0.0786. The van der Waals surface area contributed by atoms with Crippen LogP contribution < -0.4 is 4.72 Å². The van der Waals surface area contributed by atoms with Crippen LogP contribution in [0.3, 0.4) is 0 Å². The Morgan fingerprint density at radius 3 is 2.21 bits per heavy atom. The molecule has 0 saturated heterocycles. The van der Waals surface area contributed by atoms with Crippen molar-refractivity contribution in [2.45, 2.75) is 11.4 Å². The molecular weight excluding hydrogens is 396 g/mol. The normalized spacial score (nSPS) is 11.1. The maximum absolute atomic E-state index is 12.9. The molecule has 0 aliphatic carbocycles. The van der Waals surface area contributed by atoms with Gasteiger partial charge in [0.25, 0.3) is 15.9 Å². The van der Waals surface area contributed by atoms with Gasteiger partial charge in [0.2, 0.25) is 0 Å². The molecule has 0 spiro atoms. The van der Waals surface area contributed by atoms with Gasteiger partial charge in [-0.1, -0.05) is 54.1 Å². The van der Waals surface area contributed by atoms with Crippen molar-refractivity contribution in [1.82, 2.24) is 4.90 Å². The predicted molar refractivity (Wildman–Crippen MR) is 111 cm³/mol. The first-order valence-corrected chi connectivity index (χ1v) is 10.4.